The van der Waals surface area contributed by atoms with Gasteiger partial charge in [-0.25, -0.2) is 4.57 Å². The Morgan fingerprint density at radius 1 is 1.44 bits per heavy atom. The molecule has 0 saturated carbocycles. The van der Waals surface area contributed by atoms with E-state index < -0.39 is 7.82 Å². The second kappa shape index (κ2) is 7.68. The lowest BCUT2D eigenvalue weighted by Crippen LogP contribution is -2.23. The number of nitrogens with zero attached hydrogens (tertiary/aromatic N) is 2. The molecule has 1 heterocycles. The Hall–Kier alpha value is -0.550. The molecule has 0 spiro atoms. The molecule has 1 rings (SSSR count). The zero-order valence-electron chi connectivity index (χ0n) is 10.0. The van der Waals surface area contributed by atoms with E-state index in [0.29, 0.717) is 0 Å². The Morgan fingerprint density at radius 2 is 2.00 bits per heavy atom. The predicted octanol–water partition coefficient (Wildman–Crippen LogP) is 1.19. The van der Waals surface area contributed by atoms with E-state index in [2.05, 4.69) is 40.7 Å². The fourth-order valence-corrected chi connectivity index (χ4v) is 1.10. The Bertz CT molecular complexity index is 254. The summed E-state index contributed by atoms with van der Waals surface area (Å²) < 4.78 is 13.1. The zero-order valence-corrected chi connectivity index (χ0v) is 10.9. The van der Waals surface area contributed by atoms with Crippen molar-refractivity contribution in [3.8, 4) is 0 Å². The molecule has 0 bridgehead atoms. The molecule has 0 unspecified atom stereocenters. The summed E-state index contributed by atoms with van der Waals surface area (Å²) in [5.74, 6) is 0. The van der Waals surface area contributed by atoms with Gasteiger partial charge in [-0.05, 0) is 6.42 Å². The molecule has 0 aromatic rings. The van der Waals surface area contributed by atoms with Crippen molar-refractivity contribution in [2.75, 3.05) is 27.4 Å². The van der Waals surface area contributed by atoms with Gasteiger partial charge in [0.15, 0.2) is 0 Å². The van der Waals surface area contributed by atoms with E-state index in [9.17, 15) is 4.57 Å². The van der Waals surface area contributed by atoms with Gasteiger partial charge < -0.3 is 19.6 Å². The third-order valence-electron chi connectivity index (χ3n) is 1.97. The van der Waals surface area contributed by atoms with Crippen molar-refractivity contribution in [1.82, 2.24) is 9.80 Å². The molecule has 0 atom stereocenters. The lowest BCUT2D eigenvalue weighted by molar-refractivity contribution is 0.235. The van der Waals surface area contributed by atoms with Gasteiger partial charge in [0.1, 0.15) is 0 Å². The van der Waals surface area contributed by atoms with E-state index in [4.69, 9.17) is 9.79 Å². The van der Waals surface area contributed by atoms with Gasteiger partial charge in [-0.15, -0.1) is 0 Å². The number of unbranched alkanes of at least 4 members (excludes halogenated alkanes) is 1. The zero-order chi connectivity index (χ0) is 12.6. The molecule has 0 aliphatic carbocycles. The fourth-order valence-electron chi connectivity index (χ4n) is 1.10. The van der Waals surface area contributed by atoms with Crippen molar-refractivity contribution in [2.24, 2.45) is 0 Å². The number of phosphoric acid groups is 1. The summed E-state index contributed by atoms with van der Waals surface area (Å²) in [6, 6.07) is 0. The van der Waals surface area contributed by atoms with Crippen LogP contribution in [0.4, 0.5) is 0 Å². The van der Waals surface area contributed by atoms with Gasteiger partial charge >= 0.3 is 7.82 Å². The maximum absolute atomic E-state index is 9.47. The molecule has 0 saturated heterocycles. The van der Waals surface area contributed by atoms with Crippen LogP contribution < -0.4 is 0 Å². The highest BCUT2D eigenvalue weighted by Gasteiger charge is 2.07. The number of rotatable bonds is 4. The summed E-state index contributed by atoms with van der Waals surface area (Å²) >= 11 is 0. The molecule has 2 N–H and O–H groups in total. The molecule has 0 radical (unpaired) electrons. The average Bonchev–Trinajstić information content (AvgIpc) is 2.61. The Labute approximate surface area is 96.7 Å². The normalized spacial score (nSPS) is 15.1. The van der Waals surface area contributed by atoms with Gasteiger partial charge in [-0.2, -0.15) is 0 Å². The molecule has 7 heteroatoms. The second-order valence-electron chi connectivity index (χ2n) is 3.54. The SMILES string of the molecule is CCCCN1C=CN(C)C1.COP(=O)(O)O. The van der Waals surface area contributed by atoms with Gasteiger partial charge in [0.2, 0.25) is 0 Å². The van der Waals surface area contributed by atoms with Crippen LogP contribution in [-0.4, -0.2) is 47.0 Å². The van der Waals surface area contributed by atoms with Gasteiger partial charge in [0.05, 0.1) is 6.67 Å². The van der Waals surface area contributed by atoms with Crippen molar-refractivity contribution in [1.29, 1.82) is 0 Å². The molecule has 0 aromatic heterocycles. The smallest absolute Gasteiger partial charge is 0.362 e. The van der Waals surface area contributed by atoms with E-state index >= 15 is 0 Å². The third kappa shape index (κ3) is 8.73. The Morgan fingerprint density at radius 3 is 2.31 bits per heavy atom. The topological polar surface area (TPSA) is 73.2 Å². The second-order valence-corrected chi connectivity index (χ2v) is 4.88. The van der Waals surface area contributed by atoms with Gasteiger partial charge in [0, 0.05) is 33.1 Å². The van der Waals surface area contributed by atoms with E-state index in [1.807, 2.05) is 0 Å². The van der Waals surface area contributed by atoms with Crippen LogP contribution in [0.3, 0.4) is 0 Å². The summed E-state index contributed by atoms with van der Waals surface area (Å²) in [4.78, 5) is 20.0. The summed E-state index contributed by atoms with van der Waals surface area (Å²) in [5.41, 5.74) is 0. The summed E-state index contributed by atoms with van der Waals surface area (Å²) in [6.07, 6.45) is 6.87. The Balaban J connectivity index is 0.000000325. The molecule has 0 amide bonds. The van der Waals surface area contributed by atoms with Crippen LogP contribution in [-0.2, 0) is 9.09 Å². The molecule has 16 heavy (non-hydrogen) atoms. The van der Waals surface area contributed by atoms with E-state index in [-0.39, 0.29) is 0 Å². The molecular weight excluding hydrogens is 231 g/mol. The molecule has 6 nitrogen and oxygen atoms in total. The number of hydrogen-bond acceptors (Lipinski definition) is 4. The van der Waals surface area contributed by atoms with Crippen LogP contribution in [0, 0.1) is 0 Å². The highest BCUT2D eigenvalue weighted by atomic mass is 31.2. The minimum absolute atomic E-state index is 0.945. The molecular formula is C9H21N2O4P. The lowest BCUT2D eigenvalue weighted by atomic mass is 10.3. The van der Waals surface area contributed by atoms with Gasteiger partial charge in [-0.3, -0.25) is 4.52 Å². The van der Waals surface area contributed by atoms with Gasteiger partial charge in [-0.1, -0.05) is 13.3 Å². The highest BCUT2D eigenvalue weighted by molar-refractivity contribution is 7.46. The van der Waals surface area contributed by atoms with Crippen LogP contribution in [0.1, 0.15) is 19.8 Å². The predicted molar refractivity (Wildman–Crippen MR) is 62.4 cm³/mol. The van der Waals surface area contributed by atoms with Crippen LogP contribution in [0.25, 0.3) is 0 Å². The molecule has 96 valence electrons. The van der Waals surface area contributed by atoms with Crippen molar-refractivity contribution in [3.63, 3.8) is 0 Å². The van der Waals surface area contributed by atoms with E-state index in [1.54, 1.807) is 0 Å². The van der Waals surface area contributed by atoms with Crippen molar-refractivity contribution >= 4 is 7.82 Å². The van der Waals surface area contributed by atoms with Crippen molar-refractivity contribution in [2.45, 2.75) is 19.8 Å². The van der Waals surface area contributed by atoms with Crippen LogP contribution in [0.2, 0.25) is 0 Å². The fraction of sp³-hybridized carbons (Fsp3) is 0.778. The monoisotopic (exact) mass is 252 g/mol. The third-order valence-corrected chi connectivity index (χ3v) is 2.45. The quantitative estimate of drug-likeness (QED) is 0.732. The van der Waals surface area contributed by atoms with E-state index in [0.717, 1.165) is 13.8 Å². The minimum atomic E-state index is -4.15. The summed E-state index contributed by atoms with van der Waals surface area (Å²) in [7, 11) is -1.10. The maximum Gasteiger partial charge on any atom is 0.469 e. The minimum Gasteiger partial charge on any atom is -0.362 e. The molecule has 1 aliphatic heterocycles. The molecule has 0 aromatic carbocycles. The van der Waals surface area contributed by atoms with Crippen LogP contribution in [0.5, 0.6) is 0 Å². The average molecular weight is 252 g/mol. The summed E-state index contributed by atoms with van der Waals surface area (Å²) in [6.45, 7) is 4.50. The van der Waals surface area contributed by atoms with E-state index in [1.165, 1.54) is 19.4 Å². The molecule has 0 fully saturated rings. The first kappa shape index (κ1) is 15.4. The molecule has 1 aliphatic rings. The number of hydrogen-bond donors (Lipinski definition) is 2. The Kier molecular flexibility index (Phi) is 7.42. The maximum atomic E-state index is 9.47. The first-order valence-corrected chi connectivity index (χ1v) is 6.66. The van der Waals surface area contributed by atoms with Crippen molar-refractivity contribution < 1.29 is 18.9 Å². The van der Waals surface area contributed by atoms with Crippen molar-refractivity contribution in [3.05, 3.63) is 12.4 Å². The first-order chi connectivity index (χ1) is 7.39. The van der Waals surface area contributed by atoms with Crippen LogP contribution >= 0.6 is 7.82 Å². The first-order valence-electron chi connectivity index (χ1n) is 5.13. The lowest BCUT2D eigenvalue weighted by Gasteiger charge is -2.17. The van der Waals surface area contributed by atoms with Gasteiger partial charge in [0.25, 0.3) is 0 Å². The summed E-state index contributed by atoms with van der Waals surface area (Å²) in [5, 5.41) is 0. The number of phosphoric ester groups is 1. The largest absolute Gasteiger partial charge is 0.469 e. The van der Waals surface area contributed by atoms with Crippen LogP contribution in [0.15, 0.2) is 12.4 Å². The highest BCUT2D eigenvalue weighted by Crippen LogP contribution is 2.33. The standard InChI is InChI=1S/C8H16N2.CH5O4P/c1-3-4-5-10-7-6-9(2)8-10;1-5-6(2,3)4/h6-7H,3-5,8H2,1-2H3;1H3,(H2,2,3,4).